The minimum Gasteiger partial charge on any atom is -0.497 e. The number of piperazine rings is 1. The molecule has 2 amide bonds. The molecule has 4 unspecified atom stereocenters. The number of carbonyl (C=O) groups is 2. The number of aromatic nitrogens is 1. The first-order chi connectivity index (χ1) is 15.2. The van der Waals surface area contributed by atoms with Crippen molar-refractivity contribution in [1.29, 1.82) is 0 Å². The number of fused-ring (bicyclic) bond motifs is 5. The highest BCUT2D eigenvalue weighted by Gasteiger charge is 2.70. The van der Waals surface area contributed by atoms with E-state index in [-0.39, 0.29) is 13.0 Å². The number of nitrogens with zero attached hydrogens (tertiary/aromatic N) is 2. The van der Waals surface area contributed by atoms with E-state index in [1.807, 2.05) is 26.0 Å². The number of carbonyl (C=O) groups excluding carboxylic acids is 2. The molecule has 4 atom stereocenters. The number of aromatic amines is 1. The summed E-state index contributed by atoms with van der Waals surface area (Å²) in [6.07, 6.45) is 1.25. The lowest BCUT2D eigenvalue weighted by molar-refractivity contribution is -0.257. The van der Waals surface area contributed by atoms with Crippen LogP contribution in [0.1, 0.15) is 50.1 Å². The number of ether oxygens (including phenoxy) is 2. The number of nitrogens with one attached hydrogen (secondary N) is 1. The van der Waals surface area contributed by atoms with Gasteiger partial charge in [0.15, 0.2) is 0 Å². The highest BCUT2D eigenvalue weighted by atomic mass is 16.5. The number of rotatable bonds is 3. The maximum atomic E-state index is 13.7. The predicted molar refractivity (Wildman–Crippen MR) is 114 cm³/mol. The number of H-pyrrole nitrogens is 1. The van der Waals surface area contributed by atoms with Gasteiger partial charge in [-0.05, 0) is 32.4 Å². The Bertz CT molecular complexity index is 1170. The molecule has 170 valence electrons. The first kappa shape index (κ1) is 21.0. The molecule has 0 saturated carbocycles. The number of amides is 2. The van der Waals surface area contributed by atoms with Crippen molar-refractivity contribution in [3.63, 3.8) is 0 Å². The van der Waals surface area contributed by atoms with Crippen LogP contribution >= 0.6 is 0 Å². The Morgan fingerprint density at radius 3 is 2.62 bits per heavy atom. The van der Waals surface area contributed by atoms with Gasteiger partial charge in [0.25, 0.3) is 17.5 Å². The minimum absolute atomic E-state index is 0.125. The van der Waals surface area contributed by atoms with E-state index in [2.05, 4.69) is 4.98 Å². The molecule has 32 heavy (non-hydrogen) atoms. The van der Waals surface area contributed by atoms with Crippen LogP contribution in [-0.2, 0) is 14.3 Å². The summed E-state index contributed by atoms with van der Waals surface area (Å²) in [6, 6.07) is 4.66. The maximum Gasteiger partial charge on any atom is 0.281 e. The molecule has 3 aliphatic heterocycles. The van der Waals surface area contributed by atoms with Crippen LogP contribution in [0.4, 0.5) is 0 Å². The van der Waals surface area contributed by atoms with Gasteiger partial charge in [-0.1, -0.05) is 11.6 Å². The maximum absolute atomic E-state index is 13.7. The Labute approximate surface area is 185 Å². The Morgan fingerprint density at radius 2 is 1.97 bits per heavy atom. The molecular formula is C23H27N3O6. The average Bonchev–Trinajstić information content (AvgIpc) is 3.33. The molecular weight excluding hydrogens is 414 g/mol. The van der Waals surface area contributed by atoms with Gasteiger partial charge in [-0.25, -0.2) is 0 Å². The van der Waals surface area contributed by atoms with E-state index in [9.17, 15) is 19.8 Å². The van der Waals surface area contributed by atoms with Crippen LogP contribution in [0, 0.1) is 0 Å². The van der Waals surface area contributed by atoms with Crippen molar-refractivity contribution >= 4 is 22.7 Å². The third kappa shape index (κ3) is 2.44. The number of hydrogen-bond donors (Lipinski definition) is 3. The van der Waals surface area contributed by atoms with Crippen molar-refractivity contribution in [1.82, 2.24) is 14.8 Å². The van der Waals surface area contributed by atoms with E-state index in [1.54, 1.807) is 19.3 Å². The topological polar surface area (TPSA) is 115 Å². The zero-order chi connectivity index (χ0) is 23.0. The van der Waals surface area contributed by atoms with E-state index in [1.165, 1.54) is 7.11 Å². The summed E-state index contributed by atoms with van der Waals surface area (Å²) >= 11 is 0. The van der Waals surface area contributed by atoms with Crippen LogP contribution in [0.15, 0.2) is 29.8 Å². The second-order valence-electron chi connectivity index (χ2n) is 8.95. The molecule has 2 saturated heterocycles. The summed E-state index contributed by atoms with van der Waals surface area (Å²) in [6.45, 7) is 3.94. The van der Waals surface area contributed by atoms with Crippen LogP contribution in [0.3, 0.4) is 0 Å². The standard InChI is InChI=1S/C23H27N3O6/c1-12(2)10-16-18-17(14-7-6-13(31-3)11-15(14)24-18)19(32-4)23(30)21(28)25-9-5-8-22(25,29)20(27)26(16)23/h6-7,10-11,16,19,24,29-30H,5,8-9H2,1-4H3. The van der Waals surface area contributed by atoms with Crippen molar-refractivity contribution in [2.24, 2.45) is 0 Å². The third-order valence-electron chi connectivity index (χ3n) is 6.85. The summed E-state index contributed by atoms with van der Waals surface area (Å²) in [5.74, 6) is -0.796. The molecule has 1 aromatic carbocycles. The lowest BCUT2D eigenvalue weighted by Crippen LogP contribution is -2.78. The fraction of sp³-hybridized carbons (Fsp3) is 0.478. The summed E-state index contributed by atoms with van der Waals surface area (Å²) in [5, 5.41) is 23.9. The van der Waals surface area contributed by atoms with Gasteiger partial charge in [0.1, 0.15) is 11.9 Å². The van der Waals surface area contributed by atoms with Gasteiger partial charge in [-0.3, -0.25) is 14.5 Å². The van der Waals surface area contributed by atoms with Crippen LogP contribution in [-0.4, -0.2) is 69.0 Å². The van der Waals surface area contributed by atoms with E-state index in [0.717, 1.165) is 26.3 Å². The van der Waals surface area contributed by atoms with E-state index in [4.69, 9.17) is 9.47 Å². The molecule has 0 spiro atoms. The van der Waals surface area contributed by atoms with Crippen molar-refractivity contribution in [3.8, 4) is 5.75 Å². The highest BCUT2D eigenvalue weighted by molar-refractivity contribution is 6.03. The first-order valence-corrected chi connectivity index (χ1v) is 10.7. The van der Waals surface area contributed by atoms with Gasteiger partial charge < -0.3 is 29.6 Å². The lowest BCUT2D eigenvalue weighted by Gasteiger charge is -2.56. The summed E-state index contributed by atoms with van der Waals surface area (Å²) in [4.78, 5) is 32.9. The molecule has 2 aromatic rings. The Morgan fingerprint density at radius 1 is 1.22 bits per heavy atom. The number of hydrogen-bond acceptors (Lipinski definition) is 6. The molecule has 0 radical (unpaired) electrons. The Balaban J connectivity index is 1.84. The molecule has 0 bridgehead atoms. The fourth-order valence-corrected chi connectivity index (χ4v) is 5.47. The molecule has 4 heterocycles. The molecule has 9 heteroatoms. The first-order valence-electron chi connectivity index (χ1n) is 10.7. The fourth-order valence-electron chi connectivity index (χ4n) is 5.47. The predicted octanol–water partition coefficient (Wildman–Crippen LogP) is 1.73. The molecule has 3 N–H and O–H groups in total. The molecule has 5 rings (SSSR count). The van der Waals surface area contributed by atoms with Crippen molar-refractivity contribution < 1.29 is 29.3 Å². The zero-order valence-electron chi connectivity index (χ0n) is 18.5. The van der Waals surface area contributed by atoms with Gasteiger partial charge in [0.2, 0.25) is 5.72 Å². The lowest BCUT2D eigenvalue weighted by atomic mass is 9.81. The van der Waals surface area contributed by atoms with Gasteiger partial charge in [-0.15, -0.1) is 0 Å². The van der Waals surface area contributed by atoms with Gasteiger partial charge in [-0.2, -0.15) is 0 Å². The van der Waals surface area contributed by atoms with E-state index in [0.29, 0.717) is 23.4 Å². The minimum atomic E-state index is -2.30. The summed E-state index contributed by atoms with van der Waals surface area (Å²) in [7, 11) is 2.97. The molecule has 2 fully saturated rings. The third-order valence-corrected chi connectivity index (χ3v) is 6.85. The van der Waals surface area contributed by atoms with Crippen LogP contribution in [0.2, 0.25) is 0 Å². The quantitative estimate of drug-likeness (QED) is 0.625. The SMILES string of the molecule is COc1ccc2c3c([nH]c2c1)C(C=C(C)C)N1C(=O)C2(O)CCCN2C(=O)C1(O)C3OC. The normalized spacial score (nSPS) is 31.4. The zero-order valence-corrected chi connectivity index (χ0v) is 18.5. The molecule has 0 aliphatic carbocycles. The Kier molecular flexibility index (Phi) is 4.47. The van der Waals surface area contributed by atoms with E-state index >= 15 is 0 Å². The van der Waals surface area contributed by atoms with Crippen LogP contribution in [0.25, 0.3) is 10.9 Å². The second kappa shape index (κ2) is 6.81. The molecule has 1 aromatic heterocycles. The van der Waals surface area contributed by atoms with Crippen molar-refractivity contribution in [2.75, 3.05) is 20.8 Å². The summed E-state index contributed by atoms with van der Waals surface area (Å²) < 4.78 is 11.1. The monoisotopic (exact) mass is 441 g/mol. The average molecular weight is 441 g/mol. The van der Waals surface area contributed by atoms with Crippen LogP contribution < -0.4 is 4.74 Å². The smallest absolute Gasteiger partial charge is 0.281 e. The largest absolute Gasteiger partial charge is 0.497 e. The molecule has 3 aliphatic rings. The van der Waals surface area contributed by atoms with Gasteiger partial charge in [0, 0.05) is 48.3 Å². The highest BCUT2D eigenvalue weighted by Crippen LogP contribution is 2.54. The van der Waals surface area contributed by atoms with Crippen LogP contribution in [0.5, 0.6) is 5.75 Å². The van der Waals surface area contributed by atoms with Gasteiger partial charge in [0.05, 0.1) is 13.2 Å². The Hall–Kier alpha value is -2.88. The van der Waals surface area contributed by atoms with Gasteiger partial charge >= 0.3 is 0 Å². The number of methoxy groups -OCH3 is 2. The summed E-state index contributed by atoms with van der Waals surface area (Å²) in [5.41, 5.74) is -1.43. The number of allylic oxidation sites excluding steroid dienone is 1. The number of aliphatic hydroxyl groups is 2. The van der Waals surface area contributed by atoms with Crippen molar-refractivity contribution in [3.05, 3.63) is 41.1 Å². The van der Waals surface area contributed by atoms with E-state index < -0.39 is 35.4 Å². The van der Waals surface area contributed by atoms with Crippen molar-refractivity contribution in [2.45, 2.75) is 50.3 Å². The molecule has 9 nitrogen and oxygen atoms in total. The second-order valence-corrected chi connectivity index (χ2v) is 8.95. The number of benzene rings is 1.